The van der Waals surface area contributed by atoms with Crippen molar-refractivity contribution in [1.82, 2.24) is 8.75 Å². The van der Waals surface area contributed by atoms with E-state index in [1.54, 1.807) is 49.4 Å². The zero-order chi connectivity index (χ0) is 60.5. The number of thiophene rings is 6. The highest BCUT2D eigenvalue weighted by Gasteiger charge is 2.51. The van der Waals surface area contributed by atoms with E-state index in [9.17, 15) is 0 Å². The number of hydrogen-bond acceptors (Lipinski definition) is 9. The van der Waals surface area contributed by atoms with E-state index >= 15 is 0 Å². The number of rotatable bonds is 41. The highest BCUT2D eigenvalue weighted by atomic mass is 32.1. The normalized spacial score (nSPS) is 13.5. The minimum Gasteiger partial charge on any atom is -0.172 e. The van der Waals surface area contributed by atoms with E-state index in [2.05, 4.69) is 151 Å². The second kappa shape index (κ2) is 33.5. The molecule has 8 heterocycles. The van der Waals surface area contributed by atoms with Gasteiger partial charge in [0.25, 0.3) is 0 Å². The molecule has 0 N–H and O–H groups in total. The SMILES string of the molecule is CCCCCCCCCCCCCc1c(-c2ccc(-c3ccc(-c4ccc(C(C)(C)C)s4)c4nsnc34)s2)sc2c3c(sc12)-c1sc2c(CCCCCCCCCCCCC)c(C(C)(C)C)sc2c1[Si]3(CCCCCCCC)CCCCCCCC. The van der Waals surface area contributed by atoms with Crippen LogP contribution >= 0.6 is 79.7 Å². The molecule has 0 unspecified atom stereocenters. The summed E-state index contributed by atoms with van der Waals surface area (Å²) < 4.78 is 16.9. The summed E-state index contributed by atoms with van der Waals surface area (Å²) >= 11 is 14.4. The van der Waals surface area contributed by atoms with E-state index in [0.717, 1.165) is 11.0 Å². The number of benzene rings is 1. The Labute approximate surface area is 553 Å². The molecule has 0 amide bonds. The van der Waals surface area contributed by atoms with Crippen LogP contribution in [0.2, 0.25) is 12.1 Å². The molecule has 1 aliphatic rings. The molecule has 2 nitrogen and oxygen atoms in total. The first kappa shape index (κ1) is 68.3. The molecular weight excluding hydrogens is 1190 g/mol. The van der Waals surface area contributed by atoms with Crippen LogP contribution in [0.25, 0.3) is 70.2 Å². The van der Waals surface area contributed by atoms with Crippen molar-refractivity contribution in [3.8, 4) is 40.4 Å². The lowest BCUT2D eigenvalue weighted by atomic mass is 9.90. The van der Waals surface area contributed by atoms with Gasteiger partial charge < -0.3 is 0 Å². The maximum absolute atomic E-state index is 5.05. The van der Waals surface area contributed by atoms with Crippen molar-refractivity contribution in [2.24, 2.45) is 0 Å². The van der Waals surface area contributed by atoms with Gasteiger partial charge in [0, 0.05) is 68.9 Å². The Morgan fingerprint density at radius 3 is 1.15 bits per heavy atom. The fourth-order valence-electron chi connectivity index (χ4n) is 14.3. The van der Waals surface area contributed by atoms with Gasteiger partial charge in [0.1, 0.15) is 19.1 Å². The average Bonchev–Trinajstić information content (AvgIpc) is 1.55. The topological polar surface area (TPSA) is 25.8 Å². The van der Waals surface area contributed by atoms with Crippen LogP contribution in [0.3, 0.4) is 0 Å². The van der Waals surface area contributed by atoms with Crippen LogP contribution in [-0.4, -0.2) is 16.8 Å². The molecule has 0 fully saturated rings. The van der Waals surface area contributed by atoms with Gasteiger partial charge in [-0.1, -0.05) is 287 Å². The highest BCUT2D eigenvalue weighted by molar-refractivity contribution is 7.42. The highest BCUT2D eigenvalue weighted by Crippen LogP contribution is 2.56. The van der Waals surface area contributed by atoms with Gasteiger partial charge in [-0.25, -0.2) is 0 Å². The van der Waals surface area contributed by atoms with E-state index in [1.165, 1.54) is 286 Å². The zero-order valence-corrected chi connectivity index (χ0v) is 62.3. The lowest BCUT2D eigenvalue weighted by molar-refractivity contribution is 0.548. The lowest BCUT2D eigenvalue weighted by Gasteiger charge is -2.29. The monoisotopic (exact) mass is 1300 g/mol. The molecule has 8 aromatic rings. The summed E-state index contributed by atoms with van der Waals surface area (Å²) in [4.78, 5) is 12.3. The zero-order valence-electron chi connectivity index (χ0n) is 55.6. The smallest absolute Gasteiger partial charge is 0.125 e. The van der Waals surface area contributed by atoms with Crippen molar-refractivity contribution in [3.63, 3.8) is 0 Å². The number of hydrogen-bond donors (Lipinski definition) is 0. The van der Waals surface area contributed by atoms with Gasteiger partial charge in [-0.3, -0.25) is 0 Å². The van der Waals surface area contributed by atoms with E-state index in [1.807, 2.05) is 33.0 Å². The second-order valence-electron chi connectivity index (χ2n) is 28.4. The van der Waals surface area contributed by atoms with Crippen molar-refractivity contribution in [2.45, 2.75) is 323 Å². The van der Waals surface area contributed by atoms with E-state index in [4.69, 9.17) is 8.75 Å². The van der Waals surface area contributed by atoms with Crippen molar-refractivity contribution < 1.29 is 0 Å². The fraction of sp³-hybridized carbons (Fsp3) is 0.658. The molecule has 0 saturated heterocycles. The molecule has 86 heavy (non-hydrogen) atoms. The third kappa shape index (κ3) is 16.8. The predicted molar refractivity (Wildman–Crippen MR) is 401 cm³/mol. The summed E-state index contributed by atoms with van der Waals surface area (Å²) in [5.74, 6) is 0. The van der Waals surface area contributed by atoms with Crippen LogP contribution in [0.4, 0.5) is 0 Å². The molecule has 9 rings (SSSR count). The number of fused-ring (bicyclic) bond motifs is 8. The summed E-state index contributed by atoms with van der Waals surface area (Å²) in [5.41, 5.74) is 8.27. The first-order valence-electron chi connectivity index (χ1n) is 35.5. The molecule has 0 aliphatic carbocycles. The number of aryl methyl sites for hydroxylation is 2. The van der Waals surface area contributed by atoms with Crippen LogP contribution in [0.5, 0.6) is 0 Å². The van der Waals surface area contributed by atoms with Gasteiger partial charge >= 0.3 is 0 Å². The van der Waals surface area contributed by atoms with Gasteiger partial charge in [0.2, 0.25) is 0 Å². The number of unbranched alkanes of at least 4 members (excludes halogenated alkanes) is 30. The first-order chi connectivity index (χ1) is 41.8. The third-order valence-corrected chi connectivity index (χ3v) is 34.4. The molecule has 1 aromatic carbocycles. The molecular formula is C76H112N2S7Si. The first-order valence-corrected chi connectivity index (χ1v) is 43.5. The second-order valence-corrected chi connectivity index (χ2v) is 39.3. The fourth-order valence-corrected chi connectivity index (χ4v) is 31.6. The predicted octanol–water partition coefficient (Wildman–Crippen LogP) is 27.9. The van der Waals surface area contributed by atoms with Crippen LogP contribution in [0, 0.1) is 0 Å². The minimum absolute atomic E-state index is 0.124. The molecule has 0 atom stereocenters. The van der Waals surface area contributed by atoms with Crippen molar-refractivity contribution in [1.29, 1.82) is 0 Å². The van der Waals surface area contributed by atoms with Crippen LogP contribution in [0.15, 0.2) is 36.4 Å². The molecule has 1 aliphatic heterocycles. The Kier molecular flexibility index (Phi) is 26.6. The molecule has 0 spiro atoms. The Hall–Kier alpha value is -2.02. The third-order valence-electron chi connectivity index (χ3n) is 19.2. The van der Waals surface area contributed by atoms with E-state index in [0.29, 0.717) is 0 Å². The summed E-state index contributed by atoms with van der Waals surface area (Å²) in [6, 6.07) is 17.1. The quantitative estimate of drug-likeness (QED) is 0.0282. The van der Waals surface area contributed by atoms with Crippen LogP contribution < -0.4 is 10.4 Å². The van der Waals surface area contributed by atoms with Gasteiger partial charge in [-0.2, -0.15) is 8.75 Å². The summed E-state index contributed by atoms with van der Waals surface area (Å²) in [6.45, 7) is 24.0. The summed E-state index contributed by atoms with van der Waals surface area (Å²) in [5, 5.41) is 3.85. The number of nitrogens with zero attached hydrogens (tertiary/aromatic N) is 2. The minimum atomic E-state index is -2.23. The molecule has 10 heteroatoms. The molecule has 0 radical (unpaired) electrons. The molecule has 472 valence electrons. The van der Waals surface area contributed by atoms with Crippen molar-refractivity contribution in [3.05, 3.63) is 57.3 Å². The Bertz CT molecular complexity index is 3280. The van der Waals surface area contributed by atoms with E-state index < -0.39 is 8.07 Å². The Balaban J connectivity index is 1.10. The molecule has 7 aromatic heterocycles. The van der Waals surface area contributed by atoms with Crippen molar-refractivity contribution in [2.75, 3.05) is 0 Å². The van der Waals surface area contributed by atoms with Crippen LogP contribution in [-0.2, 0) is 23.7 Å². The Morgan fingerprint density at radius 1 is 0.337 bits per heavy atom. The van der Waals surface area contributed by atoms with E-state index in [-0.39, 0.29) is 10.8 Å². The maximum atomic E-state index is 5.05. The molecule has 0 saturated carbocycles. The van der Waals surface area contributed by atoms with Gasteiger partial charge in [0.05, 0.1) is 11.7 Å². The average molecular weight is 1310 g/mol. The van der Waals surface area contributed by atoms with Gasteiger partial charge in [-0.15, -0.1) is 68.0 Å². The van der Waals surface area contributed by atoms with Gasteiger partial charge in [-0.05, 0) is 94.4 Å². The van der Waals surface area contributed by atoms with Crippen LogP contribution in [0.1, 0.15) is 308 Å². The van der Waals surface area contributed by atoms with Gasteiger partial charge in [0.15, 0.2) is 0 Å². The number of aromatic nitrogens is 2. The largest absolute Gasteiger partial charge is 0.172 e. The molecule has 0 bridgehead atoms. The Morgan fingerprint density at radius 2 is 0.709 bits per heavy atom. The standard InChI is InChI=1S/C76H112N2S7Si/c1-11-15-19-23-27-29-31-33-35-37-41-45-57-65(61-50-49-59(79-61)55-47-48-56(64-63(55)77-85-78-64)60-51-52-62(80-60)75(5,6)7)81-68-66(57)82-70-71-73(86(72(68)70,53-43-39-25-21-17-13-3)54-44-40-26-22-18-14-4)69-67(83-71)58(74(84-69)76(8,9)10)46-42-38-36-34-32-30-28-24-20-16-12-2/h47-52H,11-46,53-54H2,1-10H3. The summed E-state index contributed by atoms with van der Waals surface area (Å²) in [6.07, 6.45) is 49.7. The summed E-state index contributed by atoms with van der Waals surface area (Å²) in [7, 11) is -2.23. The lowest BCUT2D eigenvalue weighted by Crippen LogP contribution is -2.54. The van der Waals surface area contributed by atoms with Crippen molar-refractivity contribution >= 4 is 128 Å². The maximum Gasteiger partial charge on any atom is 0.125 e.